The first-order chi connectivity index (χ1) is 15.6. The Balaban J connectivity index is 1.56. The second-order valence-electron chi connectivity index (χ2n) is 6.72. The van der Waals surface area contributed by atoms with Gasteiger partial charge in [-0.05, 0) is 41.1 Å². The minimum atomic E-state index is -0.331. The molecule has 0 spiro atoms. The molecule has 0 aliphatic carbocycles. The molecule has 0 fully saturated rings. The Bertz CT molecular complexity index is 1160. The van der Waals surface area contributed by atoms with Crippen molar-refractivity contribution in [3.8, 4) is 23.8 Å². The fourth-order valence-electron chi connectivity index (χ4n) is 3.01. The normalized spacial score (nSPS) is 10.5. The van der Waals surface area contributed by atoms with Crippen LogP contribution in [0.15, 0.2) is 65.8 Å². The van der Waals surface area contributed by atoms with E-state index < -0.39 is 0 Å². The molecule has 0 radical (unpaired) electrons. The Morgan fingerprint density at radius 2 is 1.88 bits per heavy atom. The molecule has 2 N–H and O–H groups in total. The van der Waals surface area contributed by atoms with Crippen LogP contribution in [0.2, 0.25) is 0 Å². The molecule has 0 bridgehead atoms. The lowest BCUT2D eigenvalue weighted by atomic mass is 10.0. The van der Waals surface area contributed by atoms with Crippen LogP contribution in [-0.2, 0) is 4.79 Å². The third kappa shape index (κ3) is 5.86. The molecule has 3 rings (SSSR count). The molecule has 0 saturated carbocycles. The number of methoxy groups -OCH3 is 1. The Morgan fingerprint density at radius 3 is 2.62 bits per heavy atom. The average Bonchev–Trinajstić information content (AvgIpc) is 2.83. The van der Waals surface area contributed by atoms with Crippen LogP contribution in [0, 0.1) is 12.3 Å². The number of carbonyl (C=O) groups excluding carboxylic acids is 2. The smallest absolute Gasteiger partial charge is 0.251 e. The van der Waals surface area contributed by atoms with Gasteiger partial charge in [-0.3, -0.25) is 9.59 Å². The Hall–Kier alpha value is -4.31. The lowest BCUT2D eigenvalue weighted by molar-refractivity contribution is -0.120. The molecule has 3 aromatic rings. The fraction of sp³-hybridized carbons (Fsp3) is 0.160. The predicted octanol–water partition coefficient (Wildman–Crippen LogP) is 3.13. The molecule has 0 saturated heterocycles. The van der Waals surface area contributed by atoms with Crippen LogP contribution < -0.4 is 20.2 Å². The lowest BCUT2D eigenvalue weighted by Gasteiger charge is -2.10. The maximum absolute atomic E-state index is 12.1. The monoisotopic (exact) mass is 429 g/mol. The van der Waals surface area contributed by atoms with E-state index >= 15 is 0 Å². The molecule has 0 heterocycles. The molecule has 0 aliphatic heterocycles. The number of nitrogens with one attached hydrogen (secondary N) is 2. The van der Waals surface area contributed by atoms with E-state index in [4.69, 9.17) is 15.9 Å². The van der Waals surface area contributed by atoms with Gasteiger partial charge in [0.25, 0.3) is 5.91 Å². The van der Waals surface area contributed by atoms with Crippen molar-refractivity contribution < 1.29 is 19.1 Å². The van der Waals surface area contributed by atoms with Gasteiger partial charge >= 0.3 is 0 Å². The van der Waals surface area contributed by atoms with Gasteiger partial charge < -0.3 is 14.8 Å². The molecule has 7 nitrogen and oxygen atoms in total. The van der Waals surface area contributed by atoms with Gasteiger partial charge in [-0.2, -0.15) is 5.10 Å². The van der Waals surface area contributed by atoms with E-state index in [0.29, 0.717) is 22.6 Å². The first-order valence-corrected chi connectivity index (χ1v) is 9.94. The van der Waals surface area contributed by atoms with Gasteiger partial charge in [-0.1, -0.05) is 36.3 Å². The highest BCUT2D eigenvalue weighted by atomic mass is 16.5. The van der Waals surface area contributed by atoms with E-state index in [-0.39, 0.29) is 31.4 Å². The van der Waals surface area contributed by atoms with E-state index in [9.17, 15) is 9.59 Å². The van der Waals surface area contributed by atoms with Crippen molar-refractivity contribution in [2.24, 2.45) is 5.10 Å². The molecule has 2 amide bonds. The topological polar surface area (TPSA) is 89.0 Å². The first-order valence-electron chi connectivity index (χ1n) is 9.94. The number of hydrogen-bond acceptors (Lipinski definition) is 5. The number of terminal acetylenes is 1. The zero-order chi connectivity index (χ0) is 22.8. The average molecular weight is 429 g/mol. The summed E-state index contributed by atoms with van der Waals surface area (Å²) < 4.78 is 10.7. The predicted molar refractivity (Wildman–Crippen MR) is 124 cm³/mol. The van der Waals surface area contributed by atoms with Crippen molar-refractivity contribution in [3.05, 3.63) is 71.8 Å². The second-order valence-corrected chi connectivity index (χ2v) is 6.72. The van der Waals surface area contributed by atoms with Crippen LogP contribution in [0.3, 0.4) is 0 Å². The van der Waals surface area contributed by atoms with Crippen LogP contribution in [0.25, 0.3) is 10.8 Å². The van der Waals surface area contributed by atoms with Crippen molar-refractivity contribution in [2.75, 3.05) is 20.3 Å². The van der Waals surface area contributed by atoms with Gasteiger partial charge in [-0.15, -0.1) is 6.42 Å². The van der Waals surface area contributed by atoms with Gasteiger partial charge in [0.1, 0.15) is 18.1 Å². The zero-order valence-electron chi connectivity index (χ0n) is 17.6. The number of fused-ring (bicyclic) bond motifs is 1. The summed E-state index contributed by atoms with van der Waals surface area (Å²) in [4.78, 5) is 24.2. The maximum atomic E-state index is 12.1. The fourth-order valence-corrected chi connectivity index (χ4v) is 3.01. The Morgan fingerprint density at radius 1 is 1.09 bits per heavy atom. The number of ether oxygens (including phenoxy) is 2. The number of benzene rings is 3. The summed E-state index contributed by atoms with van der Waals surface area (Å²) in [5.74, 6) is 3.08. The van der Waals surface area contributed by atoms with Crippen LogP contribution >= 0.6 is 0 Å². The summed E-state index contributed by atoms with van der Waals surface area (Å²) in [6.07, 6.45) is 6.90. The summed E-state index contributed by atoms with van der Waals surface area (Å²) in [6, 6.07) is 18.2. The third-order valence-electron chi connectivity index (χ3n) is 4.61. The van der Waals surface area contributed by atoms with Crippen LogP contribution in [0.1, 0.15) is 22.3 Å². The SMILES string of the molecule is C#CCOc1ccc2ccccc2c1C=NNC(=O)CCNC(=O)c1ccc(OC)cc1. The molecule has 32 heavy (non-hydrogen) atoms. The first kappa shape index (κ1) is 22.4. The molecular weight excluding hydrogens is 406 g/mol. The highest BCUT2D eigenvalue weighted by Crippen LogP contribution is 2.26. The van der Waals surface area contributed by atoms with Crippen molar-refractivity contribution in [1.29, 1.82) is 0 Å². The molecule has 0 unspecified atom stereocenters. The van der Waals surface area contributed by atoms with E-state index in [1.807, 2.05) is 36.4 Å². The van der Waals surface area contributed by atoms with E-state index in [1.54, 1.807) is 31.4 Å². The van der Waals surface area contributed by atoms with Gasteiger partial charge in [-0.25, -0.2) is 5.43 Å². The Labute approximate surface area is 186 Å². The molecular formula is C25H23N3O4. The van der Waals surface area contributed by atoms with E-state index in [1.165, 1.54) is 6.21 Å². The number of nitrogens with zero attached hydrogens (tertiary/aromatic N) is 1. The lowest BCUT2D eigenvalue weighted by Crippen LogP contribution is -2.29. The van der Waals surface area contributed by atoms with E-state index in [0.717, 1.165) is 10.8 Å². The number of amides is 2. The third-order valence-corrected chi connectivity index (χ3v) is 4.61. The highest BCUT2D eigenvalue weighted by molar-refractivity contribution is 6.02. The summed E-state index contributed by atoms with van der Waals surface area (Å²) in [5.41, 5.74) is 3.67. The summed E-state index contributed by atoms with van der Waals surface area (Å²) in [7, 11) is 1.56. The van der Waals surface area contributed by atoms with Crippen LogP contribution in [0.4, 0.5) is 0 Å². The molecule has 0 aliphatic rings. The number of hydrogen-bond donors (Lipinski definition) is 2. The summed E-state index contributed by atoms with van der Waals surface area (Å²) in [5, 5.41) is 8.69. The van der Waals surface area contributed by atoms with Gasteiger partial charge in [0.15, 0.2) is 0 Å². The largest absolute Gasteiger partial charge is 0.497 e. The van der Waals surface area contributed by atoms with Crippen LogP contribution in [-0.4, -0.2) is 38.3 Å². The van der Waals surface area contributed by atoms with Crippen LogP contribution in [0.5, 0.6) is 11.5 Å². The van der Waals surface area contributed by atoms with Crippen molar-refractivity contribution in [3.63, 3.8) is 0 Å². The van der Waals surface area contributed by atoms with Crippen molar-refractivity contribution in [1.82, 2.24) is 10.7 Å². The number of carbonyl (C=O) groups is 2. The Kier molecular flexibility index (Phi) is 7.82. The van der Waals surface area contributed by atoms with Crippen molar-refractivity contribution in [2.45, 2.75) is 6.42 Å². The van der Waals surface area contributed by atoms with Gasteiger partial charge in [0.2, 0.25) is 5.91 Å². The minimum Gasteiger partial charge on any atom is -0.497 e. The summed E-state index contributed by atoms with van der Waals surface area (Å²) >= 11 is 0. The zero-order valence-corrected chi connectivity index (χ0v) is 17.6. The molecule has 0 atom stereocenters. The molecule has 7 heteroatoms. The molecule has 162 valence electrons. The second kappa shape index (κ2) is 11.2. The highest BCUT2D eigenvalue weighted by Gasteiger charge is 2.08. The van der Waals surface area contributed by atoms with Gasteiger partial charge in [0, 0.05) is 24.1 Å². The summed E-state index contributed by atoms with van der Waals surface area (Å²) in [6.45, 7) is 0.302. The number of hydrazone groups is 1. The van der Waals surface area contributed by atoms with E-state index in [2.05, 4.69) is 21.8 Å². The molecule has 3 aromatic carbocycles. The quantitative estimate of drug-likeness (QED) is 0.311. The maximum Gasteiger partial charge on any atom is 0.251 e. The molecule has 0 aromatic heterocycles. The standard InChI is InChI=1S/C25H23N3O4/c1-3-16-32-23-13-10-18-6-4-5-7-21(18)22(23)17-27-28-24(29)14-15-26-25(30)19-8-11-20(31-2)12-9-19/h1,4-13,17H,14-16H2,2H3,(H,26,30)(H,28,29). The van der Waals surface area contributed by atoms with Crippen molar-refractivity contribution >= 4 is 28.8 Å². The number of rotatable bonds is 9. The van der Waals surface area contributed by atoms with Gasteiger partial charge in [0.05, 0.1) is 13.3 Å². The minimum absolute atomic E-state index is 0.0786.